The molecule has 24 heavy (non-hydrogen) atoms. The maximum absolute atomic E-state index is 14.0. The van der Waals surface area contributed by atoms with Crippen molar-refractivity contribution < 1.29 is 27.1 Å². The van der Waals surface area contributed by atoms with Crippen LogP contribution >= 0.6 is 22.6 Å². The fourth-order valence-electron chi connectivity index (χ4n) is 2.08. The predicted octanol–water partition coefficient (Wildman–Crippen LogP) is 5.39. The first-order chi connectivity index (χ1) is 11.1. The molecule has 1 atom stereocenters. The van der Waals surface area contributed by atoms with E-state index in [9.17, 15) is 27.1 Å². The topological polar surface area (TPSA) is 20.2 Å². The molecule has 0 aliphatic heterocycles. The highest BCUT2D eigenvalue weighted by atomic mass is 127. The molecule has 0 spiro atoms. The number of hydrogen-bond acceptors (Lipinski definition) is 1. The van der Waals surface area contributed by atoms with Crippen molar-refractivity contribution in [3.63, 3.8) is 0 Å². The molecule has 0 radical (unpaired) electrons. The lowest BCUT2D eigenvalue weighted by atomic mass is 9.86. The molecule has 2 rings (SSSR count). The lowest BCUT2D eigenvalue weighted by molar-refractivity contribution is -0.334. The van der Waals surface area contributed by atoms with Gasteiger partial charge < -0.3 is 5.11 Å². The van der Waals surface area contributed by atoms with Gasteiger partial charge in [-0.3, -0.25) is 0 Å². The van der Waals surface area contributed by atoms with Crippen molar-refractivity contribution in [3.8, 4) is 0 Å². The van der Waals surface area contributed by atoms with Crippen LogP contribution in [0.4, 0.5) is 22.0 Å². The Balaban J connectivity index is 2.57. The molecule has 0 fully saturated rings. The van der Waals surface area contributed by atoms with Gasteiger partial charge in [-0.05, 0) is 51.9 Å². The number of benzene rings is 2. The van der Waals surface area contributed by atoms with Gasteiger partial charge in [-0.2, -0.15) is 22.0 Å². The molecule has 0 saturated carbocycles. The lowest BCUT2D eigenvalue weighted by Crippen LogP contribution is -2.53. The predicted molar refractivity (Wildman–Crippen MR) is 89.5 cm³/mol. The van der Waals surface area contributed by atoms with E-state index in [0.717, 1.165) is 18.2 Å². The molecule has 0 aliphatic carbocycles. The zero-order valence-corrected chi connectivity index (χ0v) is 14.2. The third-order valence-electron chi connectivity index (χ3n) is 3.44. The SMILES string of the molecule is OC(/C=C/c1ccccc1)(c1ccc(I)cc1)C(F)(F)C(F)(F)F. The van der Waals surface area contributed by atoms with Crippen LogP contribution in [-0.4, -0.2) is 17.2 Å². The van der Waals surface area contributed by atoms with Crippen LogP contribution in [0.15, 0.2) is 60.7 Å². The highest BCUT2D eigenvalue weighted by Crippen LogP contribution is 2.49. The molecule has 0 saturated heterocycles. The molecule has 0 aromatic heterocycles. The van der Waals surface area contributed by atoms with Crippen molar-refractivity contribution in [2.75, 3.05) is 0 Å². The summed E-state index contributed by atoms with van der Waals surface area (Å²) in [5.74, 6) is -5.36. The van der Waals surface area contributed by atoms with Gasteiger partial charge in [0.2, 0.25) is 0 Å². The average Bonchev–Trinajstić information content (AvgIpc) is 2.53. The quantitative estimate of drug-likeness (QED) is 0.486. The van der Waals surface area contributed by atoms with E-state index < -0.39 is 23.3 Å². The Morgan fingerprint density at radius 1 is 0.833 bits per heavy atom. The van der Waals surface area contributed by atoms with E-state index in [1.165, 1.54) is 24.3 Å². The average molecular weight is 454 g/mol. The van der Waals surface area contributed by atoms with Crippen LogP contribution in [-0.2, 0) is 5.60 Å². The van der Waals surface area contributed by atoms with Crippen molar-refractivity contribution in [3.05, 3.63) is 75.4 Å². The van der Waals surface area contributed by atoms with Crippen LogP contribution in [0.5, 0.6) is 0 Å². The van der Waals surface area contributed by atoms with Crippen LogP contribution in [0, 0.1) is 3.57 Å². The zero-order chi connectivity index (χ0) is 18.0. The van der Waals surface area contributed by atoms with E-state index in [-0.39, 0.29) is 0 Å². The van der Waals surface area contributed by atoms with Gasteiger partial charge in [-0.25, -0.2) is 0 Å². The second-order valence-electron chi connectivity index (χ2n) is 5.09. The van der Waals surface area contributed by atoms with E-state index in [2.05, 4.69) is 0 Å². The summed E-state index contributed by atoms with van der Waals surface area (Å²) >= 11 is 1.88. The van der Waals surface area contributed by atoms with Gasteiger partial charge >= 0.3 is 12.1 Å². The Hall–Kier alpha value is -1.48. The second-order valence-corrected chi connectivity index (χ2v) is 6.34. The Bertz CT molecular complexity index is 710. The molecule has 1 nitrogen and oxygen atoms in total. The lowest BCUT2D eigenvalue weighted by Gasteiger charge is -2.35. The van der Waals surface area contributed by atoms with Gasteiger partial charge in [-0.1, -0.05) is 48.5 Å². The van der Waals surface area contributed by atoms with Crippen molar-refractivity contribution in [2.45, 2.75) is 17.7 Å². The van der Waals surface area contributed by atoms with Crippen LogP contribution in [0.2, 0.25) is 0 Å². The van der Waals surface area contributed by atoms with E-state index in [1.807, 2.05) is 22.6 Å². The molecule has 128 valence electrons. The summed E-state index contributed by atoms with van der Waals surface area (Å²) in [4.78, 5) is 0. The first-order valence-corrected chi connectivity index (χ1v) is 7.83. The summed E-state index contributed by atoms with van der Waals surface area (Å²) in [6, 6.07) is 12.7. The molecule has 2 aromatic carbocycles. The monoisotopic (exact) mass is 454 g/mol. The molecule has 2 aromatic rings. The summed E-state index contributed by atoms with van der Waals surface area (Å²) < 4.78 is 67.3. The van der Waals surface area contributed by atoms with Crippen LogP contribution in [0.3, 0.4) is 0 Å². The number of alkyl halides is 5. The Morgan fingerprint density at radius 2 is 1.38 bits per heavy atom. The van der Waals surface area contributed by atoms with Crippen LogP contribution < -0.4 is 0 Å². The van der Waals surface area contributed by atoms with Crippen molar-refractivity contribution in [2.24, 2.45) is 0 Å². The second kappa shape index (κ2) is 6.79. The molecule has 1 N–H and O–H groups in total. The first kappa shape index (κ1) is 18.9. The summed E-state index contributed by atoms with van der Waals surface area (Å²) in [7, 11) is 0. The van der Waals surface area contributed by atoms with E-state index in [0.29, 0.717) is 15.2 Å². The Labute approximate surface area is 149 Å². The molecule has 1 unspecified atom stereocenters. The smallest absolute Gasteiger partial charge is 0.375 e. The zero-order valence-electron chi connectivity index (χ0n) is 12.1. The minimum Gasteiger partial charge on any atom is -0.375 e. The first-order valence-electron chi connectivity index (χ1n) is 6.75. The highest BCUT2D eigenvalue weighted by molar-refractivity contribution is 14.1. The fraction of sp³-hybridized carbons (Fsp3) is 0.176. The molecule has 0 amide bonds. The molecule has 0 aliphatic rings. The van der Waals surface area contributed by atoms with Gasteiger partial charge in [0, 0.05) is 3.57 Å². The van der Waals surface area contributed by atoms with E-state index in [4.69, 9.17) is 0 Å². The summed E-state index contributed by atoms with van der Waals surface area (Å²) in [6.07, 6.45) is -4.39. The van der Waals surface area contributed by atoms with Crippen molar-refractivity contribution >= 4 is 28.7 Å². The summed E-state index contributed by atoms with van der Waals surface area (Å²) in [5, 5.41) is 10.3. The molecular formula is C17H12F5IO. The Morgan fingerprint density at radius 3 is 1.88 bits per heavy atom. The Kier molecular flexibility index (Phi) is 5.34. The van der Waals surface area contributed by atoms with Gasteiger partial charge in [0.15, 0.2) is 5.60 Å². The largest absolute Gasteiger partial charge is 0.457 e. The number of hydrogen-bond donors (Lipinski definition) is 1. The van der Waals surface area contributed by atoms with E-state index in [1.54, 1.807) is 18.2 Å². The van der Waals surface area contributed by atoms with Crippen molar-refractivity contribution in [1.29, 1.82) is 0 Å². The number of halogens is 6. The van der Waals surface area contributed by atoms with Gasteiger partial charge in [0.25, 0.3) is 0 Å². The van der Waals surface area contributed by atoms with Crippen LogP contribution in [0.1, 0.15) is 11.1 Å². The summed E-state index contributed by atoms with van der Waals surface area (Å²) in [6.45, 7) is 0. The normalized spacial score (nSPS) is 15.5. The van der Waals surface area contributed by atoms with Gasteiger partial charge in [0.1, 0.15) is 0 Å². The standard InChI is InChI=1S/C17H12F5IO/c18-16(19,17(20,21)22)15(24,13-6-8-14(23)9-7-13)11-10-12-4-2-1-3-5-12/h1-11,24H/b11-10+. The van der Waals surface area contributed by atoms with Gasteiger partial charge in [-0.15, -0.1) is 0 Å². The number of rotatable bonds is 4. The van der Waals surface area contributed by atoms with E-state index >= 15 is 0 Å². The fourth-order valence-corrected chi connectivity index (χ4v) is 2.44. The van der Waals surface area contributed by atoms with Gasteiger partial charge in [0.05, 0.1) is 0 Å². The third kappa shape index (κ3) is 3.61. The maximum atomic E-state index is 14.0. The summed E-state index contributed by atoms with van der Waals surface area (Å²) in [5.41, 5.74) is -3.68. The maximum Gasteiger partial charge on any atom is 0.457 e. The van der Waals surface area contributed by atoms with Crippen molar-refractivity contribution in [1.82, 2.24) is 0 Å². The molecule has 7 heteroatoms. The third-order valence-corrected chi connectivity index (χ3v) is 4.15. The minimum absolute atomic E-state index is 0.388. The van der Waals surface area contributed by atoms with Crippen LogP contribution in [0.25, 0.3) is 6.08 Å². The molecular weight excluding hydrogens is 442 g/mol. The number of aliphatic hydroxyl groups is 1. The minimum atomic E-state index is -5.91. The molecule has 0 bridgehead atoms. The molecule has 0 heterocycles. The highest BCUT2D eigenvalue weighted by Gasteiger charge is 2.69.